The van der Waals surface area contributed by atoms with E-state index in [0.717, 1.165) is 39.3 Å². The Balaban J connectivity index is 1.53. The summed E-state index contributed by atoms with van der Waals surface area (Å²) in [5.41, 5.74) is 5.31. The van der Waals surface area contributed by atoms with Gasteiger partial charge in [0.2, 0.25) is 0 Å². The number of carbonyl (C=O) groups excluding carboxylic acids is 1. The molecule has 0 unspecified atom stereocenters. The summed E-state index contributed by atoms with van der Waals surface area (Å²) < 4.78 is 8.17. The van der Waals surface area contributed by atoms with Crippen LogP contribution < -0.4 is 10.1 Å². The highest BCUT2D eigenvalue weighted by Gasteiger charge is 2.11. The van der Waals surface area contributed by atoms with Gasteiger partial charge in [0.05, 0.1) is 11.0 Å². The second-order valence-corrected chi connectivity index (χ2v) is 7.36. The van der Waals surface area contributed by atoms with Crippen molar-refractivity contribution < 1.29 is 9.53 Å². The SMILES string of the molecule is CNC(=O)c1ccc2c(c1)ncn2-c1cccc(-c2ccccc2Oc2ccccc2)c1. The lowest BCUT2D eigenvalue weighted by Crippen LogP contribution is -2.17. The fourth-order valence-electron chi connectivity index (χ4n) is 3.74. The molecule has 0 spiro atoms. The number of imidazole rings is 1. The molecule has 0 atom stereocenters. The van der Waals surface area contributed by atoms with Crippen LogP contribution in [0.2, 0.25) is 0 Å². The van der Waals surface area contributed by atoms with Gasteiger partial charge in [-0.2, -0.15) is 0 Å². The number of para-hydroxylation sites is 2. The summed E-state index contributed by atoms with van der Waals surface area (Å²) in [7, 11) is 1.62. The molecule has 5 rings (SSSR count). The molecule has 5 nitrogen and oxygen atoms in total. The Hall–Kier alpha value is -4.38. The number of fused-ring (bicyclic) bond motifs is 1. The van der Waals surface area contributed by atoms with E-state index in [-0.39, 0.29) is 5.91 Å². The highest BCUT2D eigenvalue weighted by atomic mass is 16.5. The molecule has 0 bridgehead atoms. The standard InChI is InChI=1S/C27H21N3O2/c1-28-27(31)20-14-15-25-24(17-20)29-18-30(25)21-9-7-8-19(16-21)23-12-5-6-13-26(23)32-22-10-3-2-4-11-22/h2-18H,1H3,(H,28,31). The third-order valence-corrected chi connectivity index (χ3v) is 5.33. The predicted molar refractivity (Wildman–Crippen MR) is 126 cm³/mol. The number of nitrogens with one attached hydrogen (secondary N) is 1. The zero-order valence-corrected chi connectivity index (χ0v) is 17.5. The van der Waals surface area contributed by atoms with E-state index in [1.54, 1.807) is 19.4 Å². The molecule has 1 aromatic heterocycles. The summed E-state index contributed by atoms with van der Waals surface area (Å²) in [6, 6.07) is 31.6. The van der Waals surface area contributed by atoms with Gasteiger partial charge < -0.3 is 10.1 Å². The van der Waals surface area contributed by atoms with Crippen molar-refractivity contribution in [3.8, 4) is 28.3 Å². The molecule has 0 fully saturated rings. The van der Waals surface area contributed by atoms with Crippen LogP contribution in [-0.4, -0.2) is 22.5 Å². The molecular weight excluding hydrogens is 398 g/mol. The van der Waals surface area contributed by atoms with Gasteiger partial charge in [-0.15, -0.1) is 0 Å². The van der Waals surface area contributed by atoms with Crippen LogP contribution in [0.3, 0.4) is 0 Å². The van der Waals surface area contributed by atoms with Gasteiger partial charge in [0, 0.05) is 23.9 Å². The zero-order chi connectivity index (χ0) is 21.9. The van der Waals surface area contributed by atoms with Crippen molar-refractivity contribution in [2.24, 2.45) is 0 Å². The smallest absolute Gasteiger partial charge is 0.251 e. The van der Waals surface area contributed by atoms with E-state index in [2.05, 4.69) is 28.5 Å². The van der Waals surface area contributed by atoms with Gasteiger partial charge in [-0.05, 0) is 54.1 Å². The molecule has 0 saturated heterocycles. The molecule has 0 aliphatic heterocycles. The first kappa shape index (κ1) is 19.6. The van der Waals surface area contributed by atoms with Crippen molar-refractivity contribution in [2.45, 2.75) is 0 Å². The van der Waals surface area contributed by atoms with Crippen molar-refractivity contribution in [1.82, 2.24) is 14.9 Å². The van der Waals surface area contributed by atoms with Crippen LogP contribution in [0.5, 0.6) is 11.5 Å². The highest BCUT2D eigenvalue weighted by molar-refractivity contribution is 5.97. The van der Waals surface area contributed by atoms with E-state index in [9.17, 15) is 4.79 Å². The Morgan fingerprint density at radius 2 is 1.69 bits per heavy atom. The first-order valence-electron chi connectivity index (χ1n) is 10.3. The van der Waals surface area contributed by atoms with Gasteiger partial charge in [-0.25, -0.2) is 4.98 Å². The van der Waals surface area contributed by atoms with E-state index >= 15 is 0 Å². The monoisotopic (exact) mass is 419 g/mol. The van der Waals surface area contributed by atoms with E-state index in [1.165, 1.54) is 0 Å². The number of rotatable bonds is 5. The van der Waals surface area contributed by atoms with E-state index < -0.39 is 0 Å². The Morgan fingerprint density at radius 3 is 2.53 bits per heavy atom. The number of ether oxygens (including phenoxy) is 1. The molecule has 1 heterocycles. The molecule has 5 aromatic rings. The van der Waals surface area contributed by atoms with E-state index in [4.69, 9.17) is 4.74 Å². The van der Waals surface area contributed by atoms with Crippen LogP contribution >= 0.6 is 0 Å². The van der Waals surface area contributed by atoms with Gasteiger partial charge in [0.1, 0.15) is 17.8 Å². The van der Waals surface area contributed by atoms with Gasteiger partial charge in [-0.1, -0.05) is 48.5 Å². The van der Waals surface area contributed by atoms with E-state index in [0.29, 0.717) is 5.56 Å². The molecule has 5 heteroatoms. The van der Waals surface area contributed by atoms with Crippen LogP contribution in [-0.2, 0) is 0 Å². The summed E-state index contributed by atoms with van der Waals surface area (Å²) in [6.45, 7) is 0. The molecular formula is C27H21N3O2. The first-order chi connectivity index (χ1) is 15.7. The Labute approximate surface area is 185 Å². The Bertz CT molecular complexity index is 1410. The van der Waals surface area contributed by atoms with E-state index in [1.807, 2.05) is 77.4 Å². The summed E-state index contributed by atoms with van der Waals surface area (Å²) in [4.78, 5) is 16.4. The first-order valence-corrected chi connectivity index (χ1v) is 10.3. The average molecular weight is 419 g/mol. The van der Waals surface area contributed by atoms with Crippen molar-refractivity contribution in [3.63, 3.8) is 0 Å². The van der Waals surface area contributed by atoms with Crippen LogP contribution in [0, 0.1) is 0 Å². The topological polar surface area (TPSA) is 56.2 Å². The van der Waals surface area contributed by atoms with Gasteiger partial charge >= 0.3 is 0 Å². The van der Waals surface area contributed by atoms with Crippen molar-refractivity contribution >= 4 is 16.9 Å². The third kappa shape index (κ3) is 3.72. The molecule has 4 aromatic carbocycles. The number of aromatic nitrogens is 2. The normalized spacial score (nSPS) is 10.8. The molecule has 1 N–H and O–H groups in total. The highest BCUT2D eigenvalue weighted by Crippen LogP contribution is 2.34. The molecule has 0 aliphatic carbocycles. The quantitative estimate of drug-likeness (QED) is 0.389. The average Bonchev–Trinajstić information content (AvgIpc) is 3.28. The minimum atomic E-state index is -0.126. The fourth-order valence-corrected chi connectivity index (χ4v) is 3.74. The molecule has 0 radical (unpaired) electrons. The van der Waals surface area contributed by atoms with Crippen LogP contribution in [0.1, 0.15) is 10.4 Å². The van der Waals surface area contributed by atoms with Crippen LogP contribution in [0.25, 0.3) is 27.8 Å². The number of benzene rings is 4. The van der Waals surface area contributed by atoms with Gasteiger partial charge in [-0.3, -0.25) is 9.36 Å². The molecule has 32 heavy (non-hydrogen) atoms. The van der Waals surface area contributed by atoms with Crippen LogP contribution in [0.4, 0.5) is 0 Å². The Morgan fingerprint density at radius 1 is 0.875 bits per heavy atom. The Kier molecular flexibility index (Phi) is 5.14. The summed E-state index contributed by atoms with van der Waals surface area (Å²) in [5, 5.41) is 2.65. The third-order valence-electron chi connectivity index (χ3n) is 5.33. The summed E-state index contributed by atoms with van der Waals surface area (Å²) >= 11 is 0. The van der Waals surface area contributed by atoms with Crippen LogP contribution in [0.15, 0.2) is 103 Å². The fraction of sp³-hybridized carbons (Fsp3) is 0.0370. The van der Waals surface area contributed by atoms with Crippen molar-refractivity contribution in [1.29, 1.82) is 0 Å². The maximum atomic E-state index is 11.9. The van der Waals surface area contributed by atoms with Gasteiger partial charge in [0.25, 0.3) is 5.91 Å². The minimum Gasteiger partial charge on any atom is -0.457 e. The second-order valence-electron chi connectivity index (χ2n) is 7.36. The number of amides is 1. The maximum Gasteiger partial charge on any atom is 0.251 e. The summed E-state index contributed by atoms with van der Waals surface area (Å²) in [5.74, 6) is 1.46. The number of carbonyl (C=O) groups is 1. The second kappa shape index (κ2) is 8.40. The molecule has 0 saturated carbocycles. The largest absolute Gasteiger partial charge is 0.457 e. The molecule has 0 aliphatic rings. The lowest BCUT2D eigenvalue weighted by atomic mass is 10.0. The van der Waals surface area contributed by atoms with Gasteiger partial charge in [0.15, 0.2) is 0 Å². The number of nitrogens with zero attached hydrogens (tertiary/aromatic N) is 2. The molecule has 156 valence electrons. The zero-order valence-electron chi connectivity index (χ0n) is 17.5. The lowest BCUT2D eigenvalue weighted by Gasteiger charge is -2.13. The lowest BCUT2D eigenvalue weighted by molar-refractivity contribution is 0.0963. The number of hydrogen-bond acceptors (Lipinski definition) is 3. The molecule has 1 amide bonds. The minimum absolute atomic E-state index is 0.126. The predicted octanol–water partition coefficient (Wildman–Crippen LogP) is 5.84. The maximum absolute atomic E-state index is 11.9. The van der Waals surface area contributed by atoms with Crippen molar-refractivity contribution in [2.75, 3.05) is 7.05 Å². The van der Waals surface area contributed by atoms with Crippen molar-refractivity contribution in [3.05, 3.63) is 109 Å². The summed E-state index contributed by atoms with van der Waals surface area (Å²) in [6.07, 6.45) is 1.78. The number of hydrogen-bond donors (Lipinski definition) is 1.